The zero-order chi connectivity index (χ0) is 22.4. The van der Waals surface area contributed by atoms with Gasteiger partial charge in [0.25, 0.3) is 0 Å². The van der Waals surface area contributed by atoms with Crippen LogP contribution in [0.25, 0.3) is 0 Å². The molecular weight excluding hydrogens is 422 g/mol. The van der Waals surface area contributed by atoms with Gasteiger partial charge in [-0.2, -0.15) is 4.31 Å². The molecule has 5 nitrogen and oxygen atoms in total. The Kier molecular flexibility index (Phi) is 7.14. The smallest absolute Gasteiger partial charge is 0.243 e. The van der Waals surface area contributed by atoms with E-state index in [9.17, 15) is 22.0 Å². The molecule has 1 amide bonds. The van der Waals surface area contributed by atoms with Crippen molar-refractivity contribution in [2.24, 2.45) is 0 Å². The minimum Gasteiger partial charge on any atom is -0.348 e. The van der Waals surface area contributed by atoms with Gasteiger partial charge in [0.1, 0.15) is 11.6 Å². The van der Waals surface area contributed by atoms with Crippen molar-refractivity contribution in [2.75, 3.05) is 6.54 Å². The molecule has 1 atom stereocenters. The molecular formula is C23H22F2N2O3S. The molecule has 3 aromatic carbocycles. The Morgan fingerprint density at radius 2 is 1.45 bits per heavy atom. The fourth-order valence-electron chi connectivity index (χ4n) is 3.04. The summed E-state index contributed by atoms with van der Waals surface area (Å²) in [4.78, 5) is 12.7. The topological polar surface area (TPSA) is 66.5 Å². The lowest BCUT2D eigenvalue weighted by molar-refractivity contribution is -0.122. The van der Waals surface area contributed by atoms with Gasteiger partial charge in [-0.25, -0.2) is 17.2 Å². The maximum atomic E-state index is 13.2. The van der Waals surface area contributed by atoms with Crippen LogP contribution < -0.4 is 5.32 Å². The van der Waals surface area contributed by atoms with E-state index in [1.807, 2.05) is 0 Å². The summed E-state index contributed by atoms with van der Waals surface area (Å²) < 4.78 is 53.7. The summed E-state index contributed by atoms with van der Waals surface area (Å²) in [6.45, 7) is 1.19. The van der Waals surface area contributed by atoms with E-state index in [-0.39, 0.29) is 17.3 Å². The third-order valence-corrected chi connectivity index (χ3v) is 6.53. The van der Waals surface area contributed by atoms with Crippen molar-refractivity contribution in [3.8, 4) is 0 Å². The van der Waals surface area contributed by atoms with Gasteiger partial charge in [0.2, 0.25) is 15.9 Å². The number of hydrogen-bond acceptors (Lipinski definition) is 3. The number of rotatable bonds is 8. The van der Waals surface area contributed by atoms with Gasteiger partial charge in [0.15, 0.2) is 0 Å². The van der Waals surface area contributed by atoms with E-state index in [1.54, 1.807) is 37.3 Å². The first-order valence-corrected chi connectivity index (χ1v) is 11.0. The number of sulfonamides is 1. The van der Waals surface area contributed by atoms with Crippen molar-refractivity contribution in [3.63, 3.8) is 0 Å². The van der Waals surface area contributed by atoms with Crippen molar-refractivity contribution < 1.29 is 22.0 Å². The maximum absolute atomic E-state index is 13.2. The number of benzene rings is 3. The highest BCUT2D eigenvalue weighted by Gasteiger charge is 2.27. The third-order valence-electron chi connectivity index (χ3n) is 4.72. The second-order valence-electron chi connectivity index (χ2n) is 7.05. The lowest BCUT2D eigenvalue weighted by Crippen LogP contribution is -2.41. The molecule has 0 heterocycles. The van der Waals surface area contributed by atoms with Crippen molar-refractivity contribution in [3.05, 3.63) is 102 Å². The largest absolute Gasteiger partial charge is 0.348 e. The van der Waals surface area contributed by atoms with Gasteiger partial charge in [-0.15, -0.1) is 0 Å². The molecule has 0 fully saturated rings. The Hall–Kier alpha value is -3.10. The van der Waals surface area contributed by atoms with Crippen molar-refractivity contribution in [1.29, 1.82) is 0 Å². The highest BCUT2D eigenvalue weighted by atomic mass is 32.2. The maximum Gasteiger partial charge on any atom is 0.243 e. The third kappa shape index (κ3) is 5.96. The molecule has 3 aromatic rings. The summed E-state index contributed by atoms with van der Waals surface area (Å²) in [5.41, 5.74) is 1.23. The normalized spacial score (nSPS) is 12.5. The van der Waals surface area contributed by atoms with Crippen LogP contribution in [-0.2, 0) is 21.4 Å². The minimum atomic E-state index is -3.98. The second-order valence-corrected chi connectivity index (χ2v) is 8.99. The first-order chi connectivity index (χ1) is 14.8. The number of halogens is 2. The van der Waals surface area contributed by atoms with E-state index in [4.69, 9.17) is 0 Å². The van der Waals surface area contributed by atoms with Gasteiger partial charge in [0.05, 0.1) is 17.5 Å². The lowest BCUT2D eigenvalue weighted by atomic mass is 10.1. The summed E-state index contributed by atoms with van der Waals surface area (Å²) in [5, 5.41) is 2.74. The van der Waals surface area contributed by atoms with Crippen LogP contribution >= 0.6 is 0 Å². The molecule has 0 unspecified atom stereocenters. The predicted molar refractivity (Wildman–Crippen MR) is 113 cm³/mol. The SMILES string of the molecule is C[C@H](NC(=O)CN(Cc1ccc(F)cc1)S(=O)(=O)c1ccccc1)c1ccc(F)cc1. The molecule has 0 saturated carbocycles. The molecule has 162 valence electrons. The molecule has 0 aliphatic rings. The van der Waals surface area contributed by atoms with E-state index in [1.165, 1.54) is 48.5 Å². The standard InChI is InChI=1S/C23H22F2N2O3S/c1-17(19-9-13-21(25)14-10-19)26-23(28)16-27(15-18-7-11-20(24)12-8-18)31(29,30)22-5-3-2-4-6-22/h2-14,17H,15-16H2,1H3,(H,26,28)/t17-/m0/s1. The second kappa shape index (κ2) is 9.80. The molecule has 0 bridgehead atoms. The van der Waals surface area contributed by atoms with Gasteiger partial charge in [0, 0.05) is 6.54 Å². The predicted octanol–water partition coefficient (Wildman–Crippen LogP) is 4.03. The van der Waals surface area contributed by atoms with Crippen LogP contribution in [0.5, 0.6) is 0 Å². The Balaban J connectivity index is 1.81. The van der Waals surface area contributed by atoms with Crippen LogP contribution in [-0.4, -0.2) is 25.2 Å². The van der Waals surface area contributed by atoms with Gasteiger partial charge >= 0.3 is 0 Å². The first-order valence-electron chi connectivity index (χ1n) is 9.60. The molecule has 0 saturated heterocycles. The summed E-state index contributed by atoms with van der Waals surface area (Å²) in [6.07, 6.45) is 0. The fourth-order valence-corrected chi connectivity index (χ4v) is 4.45. The highest BCUT2D eigenvalue weighted by molar-refractivity contribution is 7.89. The average molecular weight is 445 g/mol. The minimum absolute atomic E-state index is 0.0523. The quantitative estimate of drug-likeness (QED) is 0.570. The first kappa shape index (κ1) is 22.6. The van der Waals surface area contributed by atoms with Crippen LogP contribution in [0.1, 0.15) is 24.1 Å². The van der Waals surface area contributed by atoms with Gasteiger partial charge < -0.3 is 5.32 Å². The number of carbonyl (C=O) groups is 1. The lowest BCUT2D eigenvalue weighted by Gasteiger charge is -2.23. The number of nitrogens with zero attached hydrogens (tertiary/aromatic N) is 1. The zero-order valence-electron chi connectivity index (χ0n) is 16.8. The molecule has 0 aliphatic heterocycles. The molecule has 3 rings (SSSR count). The van der Waals surface area contributed by atoms with Gasteiger partial charge in [-0.05, 0) is 54.4 Å². The number of amides is 1. The summed E-state index contributed by atoms with van der Waals surface area (Å²) >= 11 is 0. The number of hydrogen-bond donors (Lipinski definition) is 1. The van der Waals surface area contributed by atoms with E-state index < -0.39 is 34.3 Å². The Bertz CT molecular complexity index is 1120. The average Bonchev–Trinajstić information content (AvgIpc) is 2.75. The van der Waals surface area contributed by atoms with Crippen molar-refractivity contribution in [1.82, 2.24) is 9.62 Å². The van der Waals surface area contributed by atoms with Crippen molar-refractivity contribution in [2.45, 2.75) is 24.4 Å². The Morgan fingerprint density at radius 3 is 2.03 bits per heavy atom. The number of nitrogens with one attached hydrogen (secondary N) is 1. The Labute approximate surface area is 180 Å². The molecule has 8 heteroatoms. The van der Waals surface area contributed by atoms with E-state index >= 15 is 0 Å². The van der Waals surface area contributed by atoms with Crippen LogP contribution in [0.15, 0.2) is 83.8 Å². The van der Waals surface area contributed by atoms with Crippen LogP contribution in [0.4, 0.5) is 8.78 Å². The monoisotopic (exact) mass is 444 g/mol. The molecule has 31 heavy (non-hydrogen) atoms. The molecule has 0 aliphatic carbocycles. The van der Waals surface area contributed by atoms with Crippen LogP contribution in [0.3, 0.4) is 0 Å². The van der Waals surface area contributed by atoms with Gasteiger partial charge in [-0.1, -0.05) is 42.5 Å². The summed E-state index contributed by atoms with van der Waals surface area (Å²) in [7, 11) is -3.98. The van der Waals surface area contributed by atoms with Crippen LogP contribution in [0.2, 0.25) is 0 Å². The molecule has 0 radical (unpaired) electrons. The van der Waals surface area contributed by atoms with Crippen LogP contribution in [0, 0.1) is 11.6 Å². The molecule has 0 spiro atoms. The van der Waals surface area contributed by atoms with Crippen molar-refractivity contribution >= 4 is 15.9 Å². The summed E-state index contributed by atoms with van der Waals surface area (Å²) in [5.74, 6) is -1.34. The van der Waals surface area contributed by atoms with E-state index in [0.29, 0.717) is 11.1 Å². The number of carbonyl (C=O) groups excluding carboxylic acids is 1. The highest BCUT2D eigenvalue weighted by Crippen LogP contribution is 2.19. The zero-order valence-corrected chi connectivity index (χ0v) is 17.6. The van der Waals surface area contributed by atoms with E-state index in [0.717, 1.165) is 4.31 Å². The summed E-state index contributed by atoms with van der Waals surface area (Å²) in [6, 6.07) is 18.5. The van der Waals surface area contributed by atoms with Gasteiger partial charge in [-0.3, -0.25) is 4.79 Å². The molecule has 1 N–H and O–H groups in total. The fraction of sp³-hybridized carbons (Fsp3) is 0.174. The molecule has 0 aromatic heterocycles. The Morgan fingerprint density at radius 1 is 0.903 bits per heavy atom. The van der Waals surface area contributed by atoms with E-state index in [2.05, 4.69) is 5.32 Å².